The van der Waals surface area contributed by atoms with Crippen LogP contribution in [-0.2, 0) is 9.39 Å². The first-order valence-electron chi connectivity index (χ1n) is 7.49. The minimum Gasteiger partial charge on any atom is -0.465 e. The average molecular weight is 313 g/mol. The second kappa shape index (κ2) is 6.34. The summed E-state index contributed by atoms with van der Waals surface area (Å²) in [6.45, 7) is 7.12. The van der Waals surface area contributed by atoms with Crippen LogP contribution in [0.3, 0.4) is 0 Å². The molecule has 0 heterocycles. The van der Waals surface area contributed by atoms with Crippen molar-refractivity contribution < 1.29 is 19.3 Å². The Balaban J connectivity index is 2.20. The number of ether oxygens (including phenoxy) is 1. The Morgan fingerprint density at radius 3 is 2.26 bits per heavy atom. The van der Waals surface area contributed by atoms with E-state index < -0.39 is 11.2 Å². The fourth-order valence-electron chi connectivity index (χ4n) is 1.94. The lowest BCUT2D eigenvalue weighted by molar-refractivity contribution is -0.0893. The van der Waals surface area contributed by atoms with Crippen LogP contribution in [0, 0.1) is 0 Å². The van der Waals surface area contributed by atoms with Gasteiger partial charge in [-0.3, -0.25) is 0 Å². The van der Waals surface area contributed by atoms with Crippen LogP contribution in [0.25, 0.3) is 10.8 Å². The molecule has 0 saturated heterocycles. The lowest BCUT2D eigenvalue weighted by Gasteiger charge is -2.37. The van der Waals surface area contributed by atoms with Crippen molar-refractivity contribution in [1.29, 1.82) is 0 Å². The summed E-state index contributed by atoms with van der Waals surface area (Å²) in [5, 5.41) is 12.1. The summed E-state index contributed by atoms with van der Waals surface area (Å²) in [4.78, 5) is 11.6. The van der Waals surface area contributed by atoms with Crippen LogP contribution in [0.1, 0.15) is 38.1 Å². The van der Waals surface area contributed by atoms with Gasteiger partial charge in [-0.15, -0.1) is 0 Å². The molecule has 4 nitrogen and oxygen atoms in total. The maximum atomic E-state index is 11.6. The molecule has 0 atom stereocenters. The number of aliphatic hydroxyl groups is 1. The Morgan fingerprint density at radius 1 is 1.04 bits per heavy atom. The summed E-state index contributed by atoms with van der Waals surface area (Å²) >= 11 is 0. The van der Waals surface area contributed by atoms with E-state index in [-0.39, 0.29) is 5.97 Å². The van der Waals surface area contributed by atoms with E-state index in [1.807, 2.05) is 38.1 Å². The highest BCUT2D eigenvalue weighted by molar-refractivity contribution is 6.47. The highest BCUT2D eigenvalue weighted by atomic mass is 16.5. The molecule has 0 aliphatic carbocycles. The number of methoxy groups -OCH3 is 1. The van der Waals surface area contributed by atoms with Crippen LogP contribution < -0.4 is 5.46 Å². The van der Waals surface area contributed by atoms with Crippen molar-refractivity contribution in [2.24, 2.45) is 0 Å². The van der Waals surface area contributed by atoms with E-state index in [0.717, 1.165) is 16.2 Å². The SMILES string of the molecule is COC(=O)c1ccc2cc([B]OC(C)(C)C(C)(C)O)ccc2c1. The van der Waals surface area contributed by atoms with Crippen molar-refractivity contribution in [3.8, 4) is 0 Å². The number of carbonyl (C=O) groups excluding carboxylic acids is 1. The summed E-state index contributed by atoms with van der Waals surface area (Å²) in [5.41, 5.74) is -0.260. The van der Waals surface area contributed by atoms with Crippen molar-refractivity contribution in [3.63, 3.8) is 0 Å². The number of benzene rings is 2. The van der Waals surface area contributed by atoms with Gasteiger partial charge in [0.05, 0.1) is 23.9 Å². The van der Waals surface area contributed by atoms with E-state index in [0.29, 0.717) is 5.56 Å². The predicted octanol–water partition coefficient (Wildman–Crippen LogP) is 2.44. The van der Waals surface area contributed by atoms with Gasteiger partial charge in [0.1, 0.15) is 0 Å². The van der Waals surface area contributed by atoms with Gasteiger partial charge in [-0.1, -0.05) is 29.7 Å². The van der Waals surface area contributed by atoms with E-state index in [2.05, 4.69) is 0 Å². The van der Waals surface area contributed by atoms with Gasteiger partial charge < -0.3 is 14.5 Å². The van der Waals surface area contributed by atoms with Gasteiger partial charge in [-0.2, -0.15) is 0 Å². The molecular formula is C18H22BO4. The van der Waals surface area contributed by atoms with Gasteiger partial charge >= 0.3 is 13.5 Å². The van der Waals surface area contributed by atoms with E-state index in [1.54, 1.807) is 33.5 Å². The number of fused-ring (bicyclic) bond motifs is 1. The zero-order chi connectivity index (χ0) is 17.3. The fraction of sp³-hybridized carbons (Fsp3) is 0.389. The second-order valence-corrected chi connectivity index (χ2v) is 6.62. The lowest BCUT2D eigenvalue weighted by atomic mass is 9.82. The van der Waals surface area contributed by atoms with Crippen molar-refractivity contribution in [2.45, 2.75) is 38.9 Å². The zero-order valence-corrected chi connectivity index (χ0v) is 14.2. The van der Waals surface area contributed by atoms with Crippen molar-refractivity contribution >= 4 is 29.7 Å². The molecule has 2 rings (SSSR count). The Bertz CT molecular complexity index is 717. The van der Waals surface area contributed by atoms with E-state index >= 15 is 0 Å². The minimum atomic E-state index is -0.963. The minimum absolute atomic E-state index is 0.349. The first kappa shape index (κ1) is 17.5. The second-order valence-electron chi connectivity index (χ2n) is 6.62. The third kappa shape index (κ3) is 3.92. The quantitative estimate of drug-likeness (QED) is 0.680. The summed E-state index contributed by atoms with van der Waals surface area (Å²) in [7, 11) is 3.01. The molecule has 0 spiro atoms. The number of rotatable bonds is 5. The Morgan fingerprint density at radius 2 is 1.65 bits per heavy atom. The van der Waals surface area contributed by atoms with Crippen molar-refractivity contribution in [2.75, 3.05) is 7.11 Å². The normalized spacial score (nSPS) is 12.3. The summed E-state index contributed by atoms with van der Waals surface area (Å²) in [6.07, 6.45) is 0. The van der Waals surface area contributed by atoms with Gasteiger partial charge in [0, 0.05) is 0 Å². The molecule has 0 bridgehead atoms. The number of hydrogen-bond acceptors (Lipinski definition) is 4. The Kier molecular flexibility index (Phi) is 4.83. The molecule has 5 heteroatoms. The first-order valence-corrected chi connectivity index (χ1v) is 7.49. The van der Waals surface area contributed by atoms with Gasteiger partial charge in [0.25, 0.3) is 0 Å². The molecule has 0 fully saturated rings. The van der Waals surface area contributed by atoms with Crippen LogP contribution >= 0.6 is 0 Å². The van der Waals surface area contributed by atoms with Gasteiger partial charge in [0.2, 0.25) is 0 Å². The van der Waals surface area contributed by atoms with Crippen LogP contribution in [0.4, 0.5) is 0 Å². The topological polar surface area (TPSA) is 55.8 Å². The standard InChI is InChI=1S/C18H22BO4/c1-17(2,21)18(3,4)23-19-15-9-8-12-10-14(16(20)22-5)7-6-13(12)11-15/h6-11,21H,1-5H3. The number of hydrogen-bond donors (Lipinski definition) is 1. The maximum absolute atomic E-state index is 11.6. The first-order chi connectivity index (χ1) is 10.6. The highest BCUT2D eigenvalue weighted by Crippen LogP contribution is 2.24. The fourth-order valence-corrected chi connectivity index (χ4v) is 1.94. The predicted molar refractivity (Wildman–Crippen MR) is 92.1 cm³/mol. The molecule has 0 saturated carbocycles. The summed E-state index contributed by atoms with van der Waals surface area (Å²) < 4.78 is 10.5. The molecule has 2 aromatic rings. The Labute approximate surface area is 137 Å². The molecule has 1 N–H and O–H groups in total. The van der Waals surface area contributed by atoms with Crippen LogP contribution in [-0.4, -0.2) is 36.9 Å². The molecule has 2 aromatic carbocycles. The zero-order valence-electron chi connectivity index (χ0n) is 14.2. The average Bonchev–Trinajstić information content (AvgIpc) is 2.50. The van der Waals surface area contributed by atoms with Gasteiger partial charge in [0.15, 0.2) is 0 Å². The van der Waals surface area contributed by atoms with Crippen LogP contribution in [0.5, 0.6) is 0 Å². The smallest absolute Gasteiger partial charge is 0.337 e. The Hall–Kier alpha value is -1.85. The van der Waals surface area contributed by atoms with E-state index in [9.17, 15) is 9.90 Å². The van der Waals surface area contributed by atoms with Crippen LogP contribution in [0.15, 0.2) is 36.4 Å². The molecule has 0 aliphatic rings. The molecule has 23 heavy (non-hydrogen) atoms. The molecule has 0 aliphatic heterocycles. The third-order valence-corrected chi connectivity index (χ3v) is 4.25. The molecule has 121 valence electrons. The molecular weight excluding hydrogens is 291 g/mol. The van der Waals surface area contributed by atoms with E-state index in [4.69, 9.17) is 9.39 Å². The number of carbonyl (C=O) groups is 1. The van der Waals surface area contributed by atoms with Gasteiger partial charge in [-0.25, -0.2) is 4.79 Å². The van der Waals surface area contributed by atoms with Crippen molar-refractivity contribution in [1.82, 2.24) is 0 Å². The lowest BCUT2D eigenvalue weighted by Crippen LogP contribution is -2.49. The van der Waals surface area contributed by atoms with Crippen molar-refractivity contribution in [3.05, 3.63) is 42.0 Å². The van der Waals surface area contributed by atoms with Crippen LogP contribution in [0.2, 0.25) is 0 Å². The maximum Gasteiger partial charge on any atom is 0.337 e. The summed E-state index contributed by atoms with van der Waals surface area (Å²) in [5.74, 6) is -0.349. The highest BCUT2D eigenvalue weighted by Gasteiger charge is 2.35. The molecule has 1 radical (unpaired) electrons. The molecule has 0 unspecified atom stereocenters. The molecule has 0 amide bonds. The monoisotopic (exact) mass is 313 g/mol. The third-order valence-electron chi connectivity index (χ3n) is 4.25. The largest absolute Gasteiger partial charge is 0.465 e. The number of esters is 1. The van der Waals surface area contributed by atoms with Gasteiger partial charge in [-0.05, 0) is 50.6 Å². The summed E-state index contributed by atoms with van der Waals surface area (Å²) in [6, 6.07) is 11.2. The molecule has 0 aromatic heterocycles. The van der Waals surface area contributed by atoms with E-state index in [1.165, 1.54) is 7.11 Å².